The first-order valence-corrected chi connectivity index (χ1v) is 7.10. The zero-order valence-electron chi connectivity index (χ0n) is 11.8. The molecule has 0 aliphatic rings. The van der Waals surface area contributed by atoms with Crippen LogP contribution >= 0.6 is 11.8 Å². The molecule has 0 saturated carbocycles. The Morgan fingerprint density at radius 1 is 1.27 bits per heavy atom. The Hall–Kier alpha value is -2.68. The summed E-state index contributed by atoms with van der Waals surface area (Å²) in [6, 6.07) is 7.64. The lowest BCUT2D eigenvalue weighted by Gasteiger charge is -1.97. The maximum Gasteiger partial charge on any atom is 0.396 e. The molecule has 0 N–H and O–H groups in total. The number of nitro groups is 1. The van der Waals surface area contributed by atoms with Crippen molar-refractivity contribution in [1.82, 2.24) is 19.7 Å². The van der Waals surface area contributed by atoms with E-state index in [0.29, 0.717) is 10.9 Å². The third kappa shape index (κ3) is 2.70. The summed E-state index contributed by atoms with van der Waals surface area (Å²) in [5.74, 6) is 0.134. The fraction of sp³-hybridized carbons (Fsp3) is 0.154. The van der Waals surface area contributed by atoms with Crippen LogP contribution in [0.25, 0.3) is 11.5 Å². The van der Waals surface area contributed by atoms with Crippen LogP contribution in [0.2, 0.25) is 0 Å². The highest BCUT2D eigenvalue weighted by Gasteiger charge is 2.23. The average Bonchev–Trinajstić information content (AvgIpc) is 3.08. The zero-order chi connectivity index (χ0) is 15.7. The Morgan fingerprint density at radius 2 is 2.00 bits per heavy atom. The van der Waals surface area contributed by atoms with Gasteiger partial charge >= 0.3 is 5.82 Å². The molecular formula is C13H11N5O3S. The van der Waals surface area contributed by atoms with Crippen LogP contribution in [0.3, 0.4) is 0 Å². The highest BCUT2D eigenvalue weighted by atomic mass is 32.2. The molecule has 0 radical (unpaired) electrons. The molecule has 3 rings (SSSR count). The van der Waals surface area contributed by atoms with Crippen LogP contribution in [0, 0.1) is 17.0 Å². The molecule has 8 nitrogen and oxygen atoms in total. The molecule has 0 fully saturated rings. The van der Waals surface area contributed by atoms with Crippen LogP contribution in [-0.2, 0) is 7.05 Å². The van der Waals surface area contributed by atoms with Gasteiger partial charge in [-0.05, 0) is 40.7 Å². The third-order valence-electron chi connectivity index (χ3n) is 2.93. The van der Waals surface area contributed by atoms with Crippen LogP contribution in [0.4, 0.5) is 5.82 Å². The molecule has 0 amide bonds. The molecule has 3 aromatic rings. The van der Waals surface area contributed by atoms with Gasteiger partial charge in [0, 0.05) is 12.6 Å². The molecule has 0 saturated heterocycles. The first-order valence-electron chi connectivity index (χ1n) is 6.28. The lowest BCUT2D eigenvalue weighted by Crippen LogP contribution is -1.93. The Kier molecular flexibility index (Phi) is 3.63. The molecule has 0 unspecified atom stereocenters. The van der Waals surface area contributed by atoms with E-state index in [2.05, 4.69) is 15.2 Å². The highest BCUT2D eigenvalue weighted by molar-refractivity contribution is 7.99. The Labute approximate surface area is 129 Å². The molecule has 22 heavy (non-hydrogen) atoms. The normalized spacial score (nSPS) is 10.8. The number of nitrogens with zero attached hydrogens (tertiary/aromatic N) is 5. The molecule has 0 aliphatic carbocycles. The minimum Gasteiger partial charge on any atom is -0.411 e. The van der Waals surface area contributed by atoms with Crippen molar-refractivity contribution in [3.05, 3.63) is 46.3 Å². The van der Waals surface area contributed by atoms with Crippen molar-refractivity contribution in [3.8, 4) is 11.5 Å². The molecule has 0 bridgehead atoms. The van der Waals surface area contributed by atoms with Gasteiger partial charge in [-0.15, -0.1) is 10.2 Å². The number of aromatic nitrogens is 4. The Morgan fingerprint density at radius 3 is 2.68 bits per heavy atom. The fourth-order valence-electron chi connectivity index (χ4n) is 1.80. The quantitative estimate of drug-likeness (QED) is 0.538. The predicted molar refractivity (Wildman–Crippen MR) is 78.5 cm³/mol. The molecule has 2 heterocycles. The maximum absolute atomic E-state index is 10.9. The monoisotopic (exact) mass is 317 g/mol. The number of aryl methyl sites for hydroxylation is 2. The van der Waals surface area contributed by atoms with E-state index in [9.17, 15) is 10.1 Å². The van der Waals surface area contributed by atoms with E-state index in [-0.39, 0.29) is 11.0 Å². The predicted octanol–water partition coefficient (Wildman–Crippen LogP) is 2.84. The van der Waals surface area contributed by atoms with Crippen LogP contribution in [0.5, 0.6) is 0 Å². The summed E-state index contributed by atoms with van der Waals surface area (Å²) >= 11 is 1.01. The smallest absolute Gasteiger partial charge is 0.396 e. The first-order chi connectivity index (χ1) is 10.5. The maximum atomic E-state index is 10.9. The Bertz CT molecular complexity index is 825. The molecule has 112 valence electrons. The van der Waals surface area contributed by atoms with Gasteiger partial charge in [0.15, 0.2) is 5.03 Å². The van der Waals surface area contributed by atoms with Crippen molar-refractivity contribution in [3.63, 3.8) is 0 Å². The van der Waals surface area contributed by atoms with E-state index in [4.69, 9.17) is 4.42 Å². The van der Waals surface area contributed by atoms with Crippen LogP contribution in [-0.4, -0.2) is 24.7 Å². The molecule has 0 spiro atoms. The summed E-state index contributed by atoms with van der Waals surface area (Å²) in [5.41, 5.74) is 1.92. The van der Waals surface area contributed by atoms with Gasteiger partial charge < -0.3 is 19.1 Å². The van der Waals surface area contributed by atoms with E-state index >= 15 is 0 Å². The summed E-state index contributed by atoms with van der Waals surface area (Å²) < 4.78 is 7.09. The van der Waals surface area contributed by atoms with Gasteiger partial charge in [0.1, 0.15) is 0 Å². The fourth-order valence-corrected chi connectivity index (χ4v) is 2.57. The van der Waals surface area contributed by atoms with Gasteiger partial charge in [0.05, 0.1) is 0 Å². The highest BCUT2D eigenvalue weighted by Crippen LogP contribution is 2.33. The lowest BCUT2D eigenvalue weighted by molar-refractivity contribution is -0.392. The zero-order valence-corrected chi connectivity index (χ0v) is 12.6. The van der Waals surface area contributed by atoms with Gasteiger partial charge in [-0.3, -0.25) is 0 Å². The van der Waals surface area contributed by atoms with E-state index in [1.165, 1.54) is 6.33 Å². The van der Waals surface area contributed by atoms with Crippen LogP contribution < -0.4 is 0 Å². The summed E-state index contributed by atoms with van der Waals surface area (Å²) in [6.07, 6.45) is 1.37. The van der Waals surface area contributed by atoms with Crippen molar-refractivity contribution in [1.29, 1.82) is 0 Å². The lowest BCUT2D eigenvalue weighted by atomic mass is 10.1. The van der Waals surface area contributed by atoms with Crippen molar-refractivity contribution >= 4 is 17.6 Å². The molecule has 1 aromatic carbocycles. The summed E-state index contributed by atoms with van der Waals surface area (Å²) in [4.78, 5) is 14.1. The van der Waals surface area contributed by atoms with Gasteiger partial charge in [0.2, 0.25) is 12.2 Å². The summed E-state index contributed by atoms with van der Waals surface area (Å²) in [6.45, 7) is 1.99. The number of benzene rings is 1. The van der Waals surface area contributed by atoms with Crippen LogP contribution in [0.1, 0.15) is 5.56 Å². The van der Waals surface area contributed by atoms with Gasteiger partial charge in [0.25, 0.3) is 5.22 Å². The second-order valence-corrected chi connectivity index (χ2v) is 5.52. The molecule has 9 heteroatoms. The van der Waals surface area contributed by atoms with Crippen molar-refractivity contribution in [2.75, 3.05) is 0 Å². The topological polar surface area (TPSA) is 99.9 Å². The minimum absolute atomic E-state index is 0.224. The average molecular weight is 317 g/mol. The van der Waals surface area contributed by atoms with Crippen molar-refractivity contribution < 1.29 is 9.34 Å². The largest absolute Gasteiger partial charge is 0.411 e. The summed E-state index contributed by atoms with van der Waals surface area (Å²) in [7, 11) is 1.67. The minimum atomic E-state index is -0.542. The molecule has 0 atom stereocenters. The van der Waals surface area contributed by atoms with E-state index in [0.717, 1.165) is 22.9 Å². The van der Waals surface area contributed by atoms with E-state index in [1.54, 1.807) is 11.6 Å². The third-order valence-corrected chi connectivity index (χ3v) is 3.93. The number of imidazole rings is 1. The van der Waals surface area contributed by atoms with Gasteiger partial charge in [-0.25, -0.2) is 0 Å². The SMILES string of the molecule is Cc1ccc(-c2nnc(Sc3c([N+](=O)[O-])ncn3C)o2)cc1. The number of hydrogen-bond acceptors (Lipinski definition) is 7. The molecule has 0 aliphatic heterocycles. The Balaban J connectivity index is 1.87. The molecule has 2 aromatic heterocycles. The number of rotatable bonds is 4. The second-order valence-electron chi connectivity index (χ2n) is 4.58. The van der Waals surface area contributed by atoms with Gasteiger partial charge in [-0.2, -0.15) is 0 Å². The van der Waals surface area contributed by atoms with E-state index < -0.39 is 4.92 Å². The molecular weight excluding hydrogens is 306 g/mol. The standard InChI is InChI=1S/C13H11N5O3S/c1-8-3-5-9(6-4-8)11-15-16-13(21-11)22-12-10(18(19)20)14-7-17(12)2/h3-7H,1-2H3. The van der Waals surface area contributed by atoms with Crippen molar-refractivity contribution in [2.24, 2.45) is 7.05 Å². The van der Waals surface area contributed by atoms with Crippen LogP contribution in [0.15, 0.2) is 45.3 Å². The van der Waals surface area contributed by atoms with Gasteiger partial charge in [-0.1, -0.05) is 17.7 Å². The van der Waals surface area contributed by atoms with Crippen molar-refractivity contribution in [2.45, 2.75) is 17.2 Å². The second kappa shape index (κ2) is 5.60. The first kappa shape index (κ1) is 14.3. The summed E-state index contributed by atoms with van der Waals surface area (Å²) in [5, 5.41) is 19.4. The number of hydrogen-bond donors (Lipinski definition) is 0. The van der Waals surface area contributed by atoms with E-state index in [1.807, 2.05) is 31.2 Å².